The van der Waals surface area contributed by atoms with E-state index in [1.807, 2.05) is 91.0 Å². The molecule has 1 unspecified atom stereocenters. The van der Waals surface area contributed by atoms with Crippen LogP contribution < -0.4 is 24.3 Å². The number of benzene rings is 5. The molecular weight excluding hydrogens is 821 g/mol. The minimum absolute atomic E-state index is 0.0222. The molecule has 12 nitrogen and oxygen atoms in total. The minimum atomic E-state index is -1.27. The van der Waals surface area contributed by atoms with Crippen molar-refractivity contribution in [2.24, 2.45) is 0 Å². The van der Waals surface area contributed by atoms with E-state index >= 15 is 0 Å². The van der Waals surface area contributed by atoms with Gasteiger partial charge in [0.25, 0.3) is 5.91 Å². The molecule has 5 aromatic carbocycles. The van der Waals surface area contributed by atoms with E-state index in [2.05, 4.69) is 10.3 Å². The number of amides is 2. The molecule has 0 bridgehead atoms. The summed E-state index contributed by atoms with van der Waals surface area (Å²) < 4.78 is 29.5. The first-order valence-electron chi connectivity index (χ1n) is 19.6. The van der Waals surface area contributed by atoms with Gasteiger partial charge in [0, 0.05) is 26.3 Å². The van der Waals surface area contributed by atoms with Gasteiger partial charge in [0.15, 0.2) is 29.2 Å². The molecule has 0 radical (unpaired) electrons. The predicted octanol–water partition coefficient (Wildman–Crippen LogP) is 8.74. The summed E-state index contributed by atoms with van der Waals surface area (Å²) in [6.45, 7) is 3.84. The molecule has 0 saturated heterocycles. The van der Waals surface area contributed by atoms with Crippen LogP contribution in [0.3, 0.4) is 0 Å². The second-order valence-corrected chi connectivity index (χ2v) is 15.7. The Labute approximate surface area is 361 Å². The average Bonchev–Trinajstić information content (AvgIpc) is 3.62. The lowest BCUT2D eigenvalue weighted by Crippen LogP contribution is -2.56. The SMILES string of the molecule is COc1ccc(-c2ccc(CC(NC(=O)[C@@H]3Cc4cc5c(cc4CN3C(=O)c3nc(C)oc3C)O[C@@H](c3ccc(OCc4ccc(Cl)c(Cl)c4)cc3)CO5)C(=O)O)cc2)cc1. The molecule has 61 heavy (non-hydrogen) atoms. The molecule has 3 heterocycles. The summed E-state index contributed by atoms with van der Waals surface area (Å²) in [6, 6.07) is 29.3. The van der Waals surface area contributed by atoms with Crippen LogP contribution in [0.2, 0.25) is 10.0 Å². The van der Waals surface area contributed by atoms with Crippen LogP contribution in [0.4, 0.5) is 0 Å². The zero-order valence-electron chi connectivity index (χ0n) is 33.4. The third kappa shape index (κ3) is 9.15. The predicted molar refractivity (Wildman–Crippen MR) is 228 cm³/mol. The number of carbonyl (C=O) groups excluding carboxylic acids is 2. The third-order valence-electron chi connectivity index (χ3n) is 10.8. The van der Waals surface area contributed by atoms with E-state index in [-0.39, 0.29) is 31.7 Å². The van der Waals surface area contributed by atoms with Crippen molar-refractivity contribution in [3.05, 3.63) is 158 Å². The molecule has 6 aromatic rings. The van der Waals surface area contributed by atoms with Crippen LogP contribution >= 0.6 is 23.2 Å². The Morgan fingerprint density at radius 2 is 1.52 bits per heavy atom. The van der Waals surface area contributed by atoms with E-state index in [1.54, 1.807) is 33.1 Å². The molecule has 3 atom stereocenters. The smallest absolute Gasteiger partial charge is 0.326 e. The Hall–Kier alpha value is -6.50. The number of methoxy groups -OCH3 is 1. The largest absolute Gasteiger partial charge is 0.497 e. The second-order valence-electron chi connectivity index (χ2n) is 14.9. The number of aryl methyl sites for hydroxylation is 2. The van der Waals surface area contributed by atoms with Crippen molar-refractivity contribution in [2.75, 3.05) is 13.7 Å². The normalized spacial score (nSPS) is 16.0. The maximum Gasteiger partial charge on any atom is 0.326 e. The first-order chi connectivity index (χ1) is 29.4. The molecular formula is C47H41Cl2N3O9. The molecule has 2 amide bonds. The van der Waals surface area contributed by atoms with Gasteiger partial charge in [-0.05, 0) is 94.4 Å². The van der Waals surface area contributed by atoms with Crippen LogP contribution in [0.15, 0.2) is 108 Å². The van der Waals surface area contributed by atoms with E-state index in [0.29, 0.717) is 51.1 Å². The molecule has 0 aliphatic carbocycles. The first-order valence-corrected chi connectivity index (χ1v) is 20.3. The maximum atomic E-state index is 14.2. The highest BCUT2D eigenvalue weighted by molar-refractivity contribution is 6.42. The summed E-state index contributed by atoms with van der Waals surface area (Å²) in [5.74, 6) is 0.675. The van der Waals surface area contributed by atoms with Gasteiger partial charge in [-0.1, -0.05) is 77.8 Å². The first kappa shape index (κ1) is 41.2. The average molecular weight is 863 g/mol. The zero-order chi connectivity index (χ0) is 42.8. The van der Waals surface area contributed by atoms with Crippen LogP contribution in [0, 0.1) is 13.8 Å². The highest BCUT2D eigenvalue weighted by atomic mass is 35.5. The Morgan fingerprint density at radius 1 is 0.852 bits per heavy atom. The van der Waals surface area contributed by atoms with Crippen LogP contribution in [0.5, 0.6) is 23.0 Å². The lowest BCUT2D eigenvalue weighted by atomic mass is 9.91. The van der Waals surface area contributed by atoms with Gasteiger partial charge >= 0.3 is 5.97 Å². The van der Waals surface area contributed by atoms with E-state index in [9.17, 15) is 19.5 Å². The number of nitrogens with one attached hydrogen (secondary N) is 1. The molecule has 2 N–H and O–H groups in total. The van der Waals surface area contributed by atoms with Crippen LogP contribution in [0.1, 0.15) is 56.1 Å². The van der Waals surface area contributed by atoms with Gasteiger partial charge in [-0.15, -0.1) is 0 Å². The fraction of sp³-hybridized carbons (Fsp3) is 0.234. The van der Waals surface area contributed by atoms with Gasteiger partial charge in [-0.25, -0.2) is 9.78 Å². The second kappa shape index (κ2) is 17.6. The Bertz CT molecular complexity index is 2590. The van der Waals surface area contributed by atoms with E-state index in [1.165, 1.54) is 4.90 Å². The number of hydrogen-bond donors (Lipinski definition) is 2. The van der Waals surface area contributed by atoms with Gasteiger partial charge in [-0.3, -0.25) is 9.59 Å². The zero-order valence-corrected chi connectivity index (χ0v) is 35.0. The summed E-state index contributed by atoms with van der Waals surface area (Å²) in [5.41, 5.74) is 5.98. The summed E-state index contributed by atoms with van der Waals surface area (Å²) in [4.78, 5) is 46.7. The molecule has 14 heteroatoms. The van der Waals surface area contributed by atoms with Crippen molar-refractivity contribution in [1.82, 2.24) is 15.2 Å². The summed E-state index contributed by atoms with van der Waals surface area (Å²) in [5, 5.41) is 13.9. The fourth-order valence-electron chi connectivity index (χ4n) is 7.52. The molecule has 0 fully saturated rings. The van der Waals surface area contributed by atoms with Crippen LogP contribution in [-0.4, -0.2) is 58.6 Å². The number of rotatable bonds is 12. The minimum Gasteiger partial charge on any atom is -0.497 e. The number of carboxylic acid groups (broad SMARTS) is 1. The highest BCUT2D eigenvalue weighted by Gasteiger charge is 2.39. The van der Waals surface area contributed by atoms with Crippen molar-refractivity contribution in [1.29, 1.82) is 0 Å². The summed E-state index contributed by atoms with van der Waals surface area (Å²) >= 11 is 12.2. The monoisotopic (exact) mass is 861 g/mol. The molecule has 2 aliphatic rings. The lowest BCUT2D eigenvalue weighted by Gasteiger charge is -2.37. The van der Waals surface area contributed by atoms with Gasteiger partial charge in [0.05, 0.1) is 17.2 Å². The topological polar surface area (TPSA) is 150 Å². The standard InChI is InChI=1S/C47H41Cl2N3O9/c1-26-44(50-27(2)60-26)46(54)52-23-34-22-42-41(59-25-43(61-42)32-11-15-36(16-12-32)58-24-29-6-17-37(48)38(49)18-29)21-33(34)20-40(52)45(53)51-39(47(55)56)19-28-4-7-30(8-5-28)31-9-13-35(57-3)14-10-31/h4-18,21-22,39-40,43H,19-20,23-25H2,1-3H3,(H,51,53)(H,55,56)/t39?,40-,43+/m0/s1. The molecule has 2 aliphatic heterocycles. The Balaban J connectivity index is 0.985. The number of aliphatic carboxylic acids is 1. The molecule has 0 saturated carbocycles. The molecule has 1 aromatic heterocycles. The summed E-state index contributed by atoms with van der Waals surface area (Å²) in [6.07, 6.45) is -0.311. The highest BCUT2D eigenvalue weighted by Crippen LogP contribution is 2.41. The number of halogens is 2. The Morgan fingerprint density at radius 3 is 2.18 bits per heavy atom. The number of aromatic nitrogens is 1. The lowest BCUT2D eigenvalue weighted by molar-refractivity contribution is -0.142. The number of oxazole rings is 1. The van der Waals surface area contributed by atoms with Crippen LogP contribution in [0.25, 0.3) is 11.1 Å². The fourth-order valence-corrected chi connectivity index (χ4v) is 7.84. The number of hydrogen-bond acceptors (Lipinski definition) is 9. The van der Waals surface area contributed by atoms with Crippen LogP contribution in [-0.2, 0) is 35.6 Å². The quantitative estimate of drug-likeness (QED) is 0.122. The molecule has 0 spiro atoms. The van der Waals surface area contributed by atoms with Crippen molar-refractivity contribution >= 4 is 41.0 Å². The van der Waals surface area contributed by atoms with Gasteiger partial charge < -0.3 is 38.7 Å². The number of fused-ring (bicyclic) bond motifs is 2. The van der Waals surface area contributed by atoms with Crippen molar-refractivity contribution in [2.45, 2.75) is 58.0 Å². The number of ether oxygens (including phenoxy) is 4. The Kier molecular flexibility index (Phi) is 11.9. The maximum absolute atomic E-state index is 14.2. The van der Waals surface area contributed by atoms with Gasteiger partial charge in [-0.2, -0.15) is 0 Å². The summed E-state index contributed by atoms with van der Waals surface area (Å²) in [7, 11) is 1.61. The third-order valence-corrected chi connectivity index (χ3v) is 11.5. The number of carbonyl (C=O) groups is 3. The van der Waals surface area contributed by atoms with Gasteiger partial charge in [0.2, 0.25) is 5.91 Å². The molecule has 8 rings (SSSR count). The van der Waals surface area contributed by atoms with Crippen molar-refractivity contribution in [3.8, 4) is 34.1 Å². The number of carboxylic acids is 1. The molecule has 312 valence electrons. The van der Waals surface area contributed by atoms with Gasteiger partial charge in [0.1, 0.15) is 42.6 Å². The number of nitrogens with zero attached hydrogens (tertiary/aromatic N) is 2. The van der Waals surface area contributed by atoms with Crippen molar-refractivity contribution in [3.63, 3.8) is 0 Å². The van der Waals surface area contributed by atoms with E-state index in [4.69, 9.17) is 46.6 Å². The van der Waals surface area contributed by atoms with E-state index in [0.717, 1.165) is 39.1 Å². The van der Waals surface area contributed by atoms with Crippen molar-refractivity contribution < 1.29 is 42.9 Å². The van der Waals surface area contributed by atoms with E-state index < -0.39 is 36.0 Å².